The van der Waals surface area contributed by atoms with Gasteiger partial charge >= 0.3 is 5.97 Å². The van der Waals surface area contributed by atoms with Crippen LogP contribution in [-0.4, -0.2) is 97.8 Å². The molecule has 3 rings (SSSR count). The van der Waals surface area contributed by atoms with Gasteiger partial charge in [-0.05, 0) is 54.7 Å². The molecule has 2 aliphatic rings. The lowest BCUT2D eigenvalue weighted by Crippen LogP contribution is -2.46. The number of quaternary nitrogens is 1. The molecule has 2 aliphatic heterocycles. The number of rotatable bonds is 16. The van der Waals surface area contributed by atoms with Crippen LogP contribution in [0.25, 0.3) is 0 Å². The van der Waals surface area contributed by atoms with Crippen molar-refractivity contribution in [2.45, 2.75) is 91.0 Å². The second-order valence-electron chi connectivity index (χ2n) is 14.0. The van der Waals surface area contributed by atoms with Gasteiger partial charge in [0.2, 0.25) is 5.91 Å². The first-order chi connectivity index (χ1) is 18.8. The third kappa shape index (κ3) is 8.94. The number of unbranched alkanes of at least 4 members (excludes halogenated alkanes) is 2. The maximum absolute atomic E-state index is 13.8. The molecule has 1 fully saturated rings. The Morgan fingerprint density at radius 2 is 1.82 bits per heavy atom. The van der Waals surface area contributed by atoms with Crippen molar-refractivity contribution in [3.63, 3.8) is 0 Å². The molecule has 7 nitrogen and oxygen atoms in total. The fourth-order valence-electron chi connectivity index (χ4n) is 6.74. The third-order valence-corrected chi connectivity index (χ3v) is 8.84. The van der Waals surface area contributed by atoms with Crippen molar-refractivity contribution >= 4 is 11.9 Å². The van der Waals surface area contributed by atoms with Crippen molar-refractivity contribution in [1.82, 2.24) is 9.80 Å². The average Bonchev–Trinajstić information content (AvgIpc) is 3.46. The Labute approximate surface area is 243 Å². The molecular weight excluding hydrogens is 502 g/mol. The van der Waals surface area contributed by atoms with E-state index in [-0.39, 0.29) is 23.3 Å². The molecule has 7 heteroatoms. The smallest absolute Gasteiger partial charge is 0.308 e. The Balaban J connectivity index is 1.84. The van der Waals surface area contributed by atoms with E-state index in [9.17, 15) is 14.7 Å². The second kappa shape index (κ2) is 14.2. The van der Waals surface area contributed by atoms with Crippen LogP contribution in [0.1, 0.15) is 89.7 Å². The van der Waals surface area contributed by atoms with Crippen LogP contribution in [0.4, 0.5) is 0 Å². The van der Waals surface area contributed by atoms with Crippen LogP contribution < -0.4 is 4.74 Å². The molecular formula is C33H56N3O4+. The molecule has 2 heterocycles. The fourth-order valence-corrected chi connectivity index (χ4v) is 6.74. The van der Waals surface area contributed by atoms with E-state index in [1.165, 1.54) is 5.56 Å². The van der Waals surface area contributed by atoms with E-state index < -0.39 is 11.9 Å². The molecule has 0 bridgehead atoms. The summed E-state index contributed by atoms with van der Waals surface area (Å²) in [5, 5.41) is 10.6. The molecule has 0 saturated carbocycles. The van der Waals surface area contributed by atoms with Crippen LogP contribution in [0.3, 0.4) is 0 Å². The number of carbonyl (C=O) groups is 2. The lowest BCUT2D eigenvalue weighted by atomic mass is 9.76. The summed E-state index contributed by atoms with van der Waals surface area (Å²) >= 11 is 0. The first-order valence-electron chi connectivity index (χ1n) is 15.7. The topological polar surface area (TPSA) is 70.1 Å². The fraction of sp³-hybridized carbons (Fsp3) is 0.758. The van der Waals surface area contributed by atoms with Crippen molar-refractivity contribution in [2.75, 3.05) is 60.5 Å². The Morgan fingerprint density at radius 1 is 1.10 bits per heavy atom. The molecule has 1 amide bonds. The number of amides is 1. The molecule has 0 aromatic heterocycles. The maximum Gasteiger partial charge on any atom is 0.308 e. The zero-order valence-corrected chi connectivity index (χ0v) is 26.4. The van der Waals surface area contributed by atoms with E-state index in [1.807, 2.05) is 17.0 Å². The number of carbonyl (C=O) groups excluding carboxylic acids is 1. The molecule has 0 aliphatic carbocycles. The molecule has 0 spiro atoms. The summed E-state index contributed by atoms with van der Waals surface area (Å²) in [6, 6.07) is 6.03. The molecule has 1 aromatic carbocycles. The minimum atomic E-state index is -0.753. The number of ether oxygens (including phenoxy) is 1. The first kappa shape index (κ1) is 32.4. The number of benzene rings is 1. The summed E-state index contributed by atoms with van der Waals surface area (Å²) in [5.41, 5.74) is 2.23. The Hall–Kier alpha value is -2.12. The van der Waals surface area contributed by atoms with E-state index in [0.717, 1.165) is 86.8 Å². The predicted molar refractivity (Wildman–Crippen MR) is 162 cm³/mol. The SMILES string of the molecule is CCCCN(CCCC[N+](C)(C)C)C(=O)CN1C[C@H](c2ccc3c(c2)CCO3)[C@@H](C(=O)O)[C@@H]1CC(C)(C)CCC. The highest BCUT2D eigenvalue weighted by atomic mass is 16.5. The number of hydrogen-bond acceptors (Lipinski definition) is 4. The van der Waals surface area contributed by atoms with Gasteiger partial charge in [-0.15, -0.1) is 0 Å². The molecule has 1 saturated heterocycles. The van der Waals surface area contributed by atoms with E-state index >= 15 is 0 Å². The lowest BCUT2D eigenvalue weighted by molar-refractivity contribution is -0.870. The molecule has 3 atom stereocenters. The van der Waals surface area contributed by atoms with Gasteiger partial charge in [-0.3, -0.25) is 14.5 Å². The summed E-state index contributed by atoms with van der Waals surface area (Å²) < 4.78 is 6.65. The van der Waals surface area contributed by atoms with Crippen LogP contribution in [0.2, 0.25) is 0 Å². The summed E-state index contributed by atoms with van der Waals surface area (Å²) in [6.45, 7) is 13.0. The first-order valence-corrected chi connectivity index (χ1v) is 15.7. The van der Waals surface area contributed by atoms with Crippen molar-refractivity contribution in [3.05, 3.63) is 29.3 Å². The van der Waals surface area contributed by atoms with Gasteiger partial charge in [0.05, 0.1) is 46.8 Å². The van der Waals surface area contributed by atoms with Crippen molar-refractivity contribution < 1.29 is 23.9 Å². The van der Waals surface area contributed by atoms with Crippen LogP contribution >= 0.6 is 0 Å². The summed E-state index contributed by atoms with van der Waals surface area (Å²) in [5.74, 6) is -0.385. The predicted octanol–water partition coefficient (Wildman–Crippen LogP) is 5.42. The highest BCUT2D eigenvalue weighted by molar-refractivity contribution is 5.79. The summed E-state index contributed by atoms with van der Waals surface area (Å²) in [7, 11) is 6.62. The largest absolute Gasteiger partial charge is 0.493 e. The van der Waals surface area contributed by atoms with Crippen LogP contribution in [0.5, 0.6) is 5.75 Å². The number of likely N-dealkylation sites (tertiary alicyclic amines) is 1. The van der Waals surface area contributed by atoms with Gasteiger partial charge in [0.25, 0.3) is 0 Å². The van der Waals surface area contributed by atoms with Crippen molar-refractivity contribution in [1.29, 1.82) is 0 Å². The van der Waals surface area contributed by atoms with E-state index in [1.54, 1.807) is 0 Å². The van der Waals surface area contributed by atoms with Crippen LogP contribution in [0.15, 0.2) is 18.2 Å². The molecule has 1 N–H and O–H groups in total. The molecule has 1 aromatic rings. The van der Waals surface area contributed by atoms with Gasteiger partial charge < -0.3 is 19.2 Å². The monoisotopic (exact) mass is 558 g/mol. The van der Waals surface area contributed by atoms with Crippen molar-refractivity contribution in [2.24, 2.45) is 11.3 Å². The lowest BCUT2D eigenvalue weighted by Gasteiger charge is -2.35. The van der Waals surface area contributed by atoms with Gasteiger partial charge in [0, 0.05) is 38.0 Å². The zero-order valence-electron chi connectivity index (χ0n) is 26.4. The van der Waals surface area contributed by atoms with E-state index in [0.29, 0.717) is 19.7 Å². The number of carboxylic acids is 1. The Kier molecular flexibility index (Phi) is 11.5. The molecule has 226 valence electrons. The highest BCUT2D eigenvalue weighted by Crippen LogP contribution is 2.44. The van der Waals surface area contributed by atoms with E-state index in [2.05, 4.69) is 59.8 Å². The Bertz CT molecular complexity index is 986. The van der Waals surface area contributed by atoms with Crippen LogP contribution in [0, 0.1) is 11.3 Å². The van der Waals surface area contributed by atoms with Gasteiger partial charge in [0.15, 0.2) is 0 Å². The number of carboxylic acid groups (broad SMARTS) is 1. The molecule has 40 heavy (non-hydrogen) atoms. The standard InChI is InChI=1S/C33H55N3O4/c1-8-10-17-34(18-11-12-19-36(5,6)7)30(37)24-35-23-27(25-13-14-29-26(21-25)15-20-40-29)31(32(38)39)28(35)22-33(3,4)16-9-2/h13-14,21,27-28,31H,8-12,15-20,22-24H2,1-7H3/p+1/t27-,28+,31-/m1/s1. The number of hydrogen-bond donors (Lipinski definition) is 1. The van der Waals surface area contributed by atoms with Gasteiger partial charge in [-0.25, -0.2) is 0 Å². The number of aliphatic carboxylic acids is 1. The van der Waals surface area contributed by atoms with Gasteiger partial charge in [-0.2, -0.15) is 0 Å². The maximum atomic E-state index is 13.8. The van der Waals surface area contributed by atoms with Gasteiger partial charge in [-0.1, -0.05) is 52.7 Å². The highest BCUT2D eigenvalue weighted by Gasteiger charge is 2.48. The minimum absolute atomic E-state index is 0.00217. The minimum Gasteiger partial charge on any atom is -0.493 e. The normalized spacial score (nSPS) is 21.3. The third-order valence-electron chi connectivity index (χ3n) is 8.84. The number of fused-ring (bicyclic) bond motifs is 1. The second-order valence-corrected chi connectivity index (χ2v) is 14.0. The van der Waals surface area contributed by atoms with Crippen molar-refractivity contribution in [3.8, 4) is 5.75 Å². The molecule has 0 unspecified atom stereocenters. The number of nitrogens with zero attached hydrogens (tertiary/aromatic N) is 3. The average molecular weight is 559 g/mol. The summed E-state index contributed by atoms with van der Waals surface area (Å²) in [4.78, 5) is 31.0. The van der Waals surface area contributed by atoms with Crippen LogP contribution in [-0.2, 0) is 16.0 Å². The Morgan fingerprint density at radius 3 is 2.48 bits per heavy atom. The zero-order chi connectivity index (χ0) is 29.5. The summed E-state index contributed by atoms with van der Waals surface area (Å²) in [6.07, 6.45) is 7.85. The van der Waals surface area contributed by atoms with E-state index in [4.69, 9.17) is 4.74 Å². The quantitative estimate of drug-likeness (QED) is 0.217. The molecule has 0 radical (unpaired) electrons. The van der Waals surface area contributed by atoms with Gasteiger partial charge in [0.1, 0.15) is 5.75 Å².